The first-order chi connectivity index (χ1) is 9.20. The van der Waals surface area contributed by atoms with E-state index < -0.39 is 5.97 Å². The van der Waals surface area contributed by atoms with Gasteiger partial charge in [-0.25, -0.2) is 14.8 Å². The van der Waals surface area contributed by atoms with Crippen molar-refractivity contribution in [1.29, 1.82) is 5.26 Å². The number of aromatic nitrogens is 2. The first-order valence-corrected chi connectivity index (χ1v) is 6.45. The molecular weight excluding hydrogens is 244 g/mol. The third-order valence-corrected chi connectivity index (χ3v) is 3.40. The molecule has 0 spiro atoms. The first-order valence-electron chi connectivity index (χ1n) is 6.45. The highest BCUT2D eigenvalue weighted by molar-refractivity contribution is 5.92. The fraction of sp³-hybridized carbons (Fsp3) is 0.538. The summed E-state index contributed by atoms with van der Waals surface area (Å²) in [6.45, 7) is 0.697. The Bertz CT molecular complexity index is 504. The maximum atomic E-state index is 11.1. The molecule has 0 aromatic carbocycles. The van der Waals surface area contributed by atoms with Crippen LogP contribution in [0.1, 0.15) is 48.3 Å². The third-order valence-electron chi connectivity index (χ3n) is 3.40. The zero-order valence-corrected chi connectivity index (χ0v) is 10.6. The Morgan fingerprint density at radius 1 is 1.47 bits per heavy atom. The van der Waals surface area contributed by atoms with Crippen LogP contribution in [0.15, 0.2) is 6.20 Å². The van der Waals surface area contributed by atoms with Crippen LogP contribution in [0.3, 0.4) is 0 Å². The van der Waals surface area contributed by atoms with Gasteiger partial charge in [0, 0.05) is 12.7 Å². The number of aromatic carboxylic acids is 1. The Kier molecular flexibility index (Phi) is 4.29. The maximum absolute atomic E-state index is 11.1. The van der Waals surface area contributed by atoms with Gasteiger partial charge in [-0.05, 0) is 18.8 Å². The largest absolute Gasteiger partial charge is 0.477 e. The van der Waals surface area contributed by atoms with E-state index >= 15 is 0 Å². The van der Waals surface area contributed by atoms with E-state index in [1.165, 1.54) is 25.5 Å². The molecule has 1 aromatic rings. The summed E-state index contributed by atoms with van der Waals surface area (Å²) >= 11 is 0. The van der Waals surface area contributed by atoms with Crippen molar-refractivity contribution >= 4 is 11.8 Å². The zero-order valence-electron chi connectivity index (χ0n) is 10.6. The molecule has 100 valence electrons. The molecular formula is C13H16N4O2. The molecule has 19 heavy (non-hydrogen) atoms. The van der Waals surface area contributed by atoms with Gasteiger partial charge in [-0.15, -0.1) is 0 Å². The molecule has 2 N–H and O–H groups in total. The van der Waals surface area contributed by atoms with E-state index in [4.69, 9.17) is 10.4 Å². The van der Waals surface area contributed by atoms with E-state index in [1.807, 2.05) is 6.07 Å². The number of nitriles is 1. The Morgan fingerprint density at radius 3 is 2.84 bits per heavy atom. The van der Waals surface area contributed by atoms with Crippen molar-refractivity contribution < 1.29 is 9.90 Å². The topological polar surface area (TPSA) is 98.9 Å². The van der Waals surface area contributed by atoms with Crippen molar-refractivity contribution in [3.8, 4) is 6.07 Å². The Hall–Kier alpha value is -2.16. The lowest BCUT2D eigenvalue weighted by atomic mass is 9.89. The number of hydrogen-bond donors (Lipinski definition) is 2. The molecule has 0 amide bonds. The monoisotopic (exact) mass is 260 g/mol. The van der Waals surface area contributed by atoms with Gasteiger partial charge in [0.1, 0.15) is 17.5 Å². The molecule has 0 saturated heterocycles. The van der Waals surface area contributed by atoms with E-state index in [9.17, 15) is 4.79 Å². The van der Waals surface area contributed by atoms with Crippen LogP contribution in [-0.4, -0.2) is 27.6 Å². The van der Waals surface area contributed by atoms with Gasteiger partial charge in [-0.1, -0.05) is 19.3 Å². The fourth-order valence-corrected chi connectivity index (χ4v) is 2.36. The molecule has 0 aliphatic heterocycles. The average Bonchev–Trinajstić information content (AvgIpc) is 2.45. The fourth-order valence-electron chi connectivity index (χ4n) is 2.36. The van der Waals surface area contributed by atoms with Crippen LogP contribution >= 0.6 is 0 Å². The van der Waals surface area contributed by atoms with Crippen molar-refractivity contribution in [1.82, 2.24) is 9.97 Å². The molecule has 0 radical (unpaired) electrons. The molecule has 1 aliphatic rings. The van der Waals surface area contributed by atoms with Gasteiger partial charge in [-0.3, -0.25) is 0 Å². The third kappa shape index (κ3) is 3.41. The summed E-state index contributed by atoms with van der Waals surface area (Å²) in [5, 5.41) is 20.9. The second-order valence-electron chi connectivity index (χ2n) is 4.76. The average molecular weight is 260 g/mol. The van der Waals surface area contributed by atoms with Crippen molar-refractivity contribution in [2.24, 2.45) is 5.92 Å². The molecule has 1 aromatic heterocycles. The Balaban J connectivity index is 2.08. The second-order valence-corrected chi connectivity index (χ2v) is 4.76. The Morgan fingerprint density at radius 2 is 2.21 bits per heavy atom. The van der Waals surface area contributed by atoms with Crippen LogP contribution in [0.2, 0.25) is 0 Å². The number of hydrogen-bond acceptors (Lipinski definition) is 5. The summed E-state index contributed by atoms with van der Waals surface area (Å²) in [7, 11) is 0. The van der Waals surface area contributed by atoms with Gasteiger partial charge >= 0.3 is 5.97 Å². The highest BCUT2D eigenvalue weighted by Crippen LogP contribution is 2.24. The summed E-state index contributed by atoms with van der Waals surface area (Å²) in [5.41, 5.74) is 0.00908. The number of carboxylic acids is 1. The standard InChI is InChI=1S/C13H16N4O2/c14-6-11-15-8-10(13(18)19)12(17-11)16-7-9-4-2-1-3-5-9/h8-9H,1-5,7H2,(H,18,19)(H,15,16,17). The summed E-state index contributed by atoms with van der Waals surface area (Å²) < 4.78 is 0. The van der Waals surface area contributed by atoms with E-state index in [2.05, 4.69) is 15.3 Å². The van der Waals surface area contributed by atoms with Gasteiger partial charge in [0.05, 0.1) is 0 Å². The molecule has 0 unspecified atom stereocenters. The van der Waals surface area contributed by atoms with Crippen LogP contribution in [0.25, 0.3) is 0 Å². The predicted molar refractivity (Wildman–Crippen MR) is 68.8 cm³/mol. The van der Waals surface area contributed by atoms with Crippen LogP contribution in [0, 0.1) is 17.2 Å². The molecule has 0 bridgehead atoms. The maximum Gasteiger partial charge on any atom is 0.341 e. The van der Waals surface area contributed by atoms with Crippen LogP contribution in [0.5, 0.6) is 0 Å². The van der Waals surface area contributed by atoms with Crippen molar-refractivity contribution in [3.05, 3.63) is 17.6 Å². The van der Waals surface area contributed by atoms with Crippen molar-refractivity contribution in [2.45, 2.75) is 32.1 Å². The summed E-state index contributed by atoms with van der Waals surface area (Å²) in [5.74, 6) is -0.313. The molecule has 0 atom stereocenters. The van der Waals surface area contributed by atoms with Gasteiger partial charge in [0.25, 0.3) is 0 Å². The van der Waals surface area contributed by atoms with E-state index in [-0.39, 0.29) is 17.2 Å². The lowest BCUT2D eigenvalue weighted by Gasteiger charge is -2.22. The lowest BCUT2D eigenvalue weighted by Crippen LogP contribution is -2.19. The quantitative estimate of drug-likeness (QED) is 0.859. The minimum Gasteiger partial charge on any atom is -0.477 e. The number of anilines is 1. The second kappa shape index (κ2) is 6.14. The van der Waals surface area contributed by atoms with E-state index in [0.717, 1.165) is 12.8 Å². The minimum absolute atomic E-state index is 0.00908. The number of carbonyl (C=O) groups is 1. The predicted octanol–water partition coefficient (Wildman–Crippen LogP) is 2.04. The number of rotatable bonds is 4. The van der Waals surface area contributed by atoms with Crippen molar-refractivity contribution in [2.75, 3.05) is 11.9 Å². The minimum atomic E-state index is -1.09. The Labute approximate surface area is 111 Å². The summed E-state index contributed by atoms with van der Waals surface area (Å²) in [6, 6.07) is 1.82. The number of nitrogens with one attached hydrogen (secondary N) is 1. The molecule has 1 heterocycles. The molecule has 2 rings (SSSR count). The summed E-state index contributed by atoms with van der Waals surface area (Å²) in [6.07, 6.45) is 7.23. The van der Waals surface area contributed by atoms with Crippen LogP contribution < -0.4 is 5.32 Å². The highest BCUT2D eigenvalue weighted by atomic mass is 16.4. The smallest absolute Gasteiger partial charge is 0.341 e. The van der Waals surface area contributed by atoms with Crippen LogP contribution in [-0.2, 0) is 0 Å². The van der Waals surface area contributed by atoms with E-state index in [0.29, 0.717) is 12.5 Å². The lowest BCUT2D eigenvalue weighted by molar-refractivity contribution is 0.0697. The molecule has 1 saturated carbocycles. The summed E-state index contributed by atoms with van der Waals surface area (Å²) in [4.78, 5) is 18.7. The molecule has 6 heteroatoms. The van der Waals surface area contributed by atoms with Crippen LogP contribution in [0.4, 0.5) is 5.82 Å². The molecule has 1 aliphatic carbocycles. The SMILES string of the molecule is N#Cc1ncc(C(=O)O)c(NCC2CCCCC2)n1. The number of carboxylic acid groups (broad SMARTS) is 1. The highest BCUT2D eigenvalue weighted by Gasteiger charge is 2.17. The molecule has 1 fully saturated rings. The van der Waals surface area contributed by atoms with Gasteiger partial charge in [0.15, 0.2) is 0 Å². The first kappa shape index (κ1) is 13.3. The van der Waals surface area contributed by atoms with Gasteiger partial charge in [-0.2, -0.15) is 5.26 Å². The molecule has 6 nitrogen and oxygen atoms in total. The van der Waals surface area contributed by atoms with Gasteiger partial charge < -0.3 is 10.4 Å². The van der Waals surface area contributed by atoms with E-state index in [1.54, 1.807) is 0 Å². The normalized spacial score (nSPS) is 15.7. The zero-order chi connectivity index (χ0) is 13.7. The van der Waals surface area contributed by atoms with Crippen molar-refractivity contribution in [3.63, 3.8) is 0 Å². The number of nitrogens with zero attached hydrogens (tertiary/aromatic N) is 3. The van der Waals surface area contributed by atoms with Gasteiger partial charge in [0.2, 0.25) is 5.82 Å².